The minimum Gasteiger partial charge on any atom is -0.503 e. The Kier molecular flexibility index (Phi) is 16.6. The lowest BCUT2D eigenvalue weighted by atomic mass is 9.97. The van der Waals surface area contributed by atoms with Gasteiger partial charge in [-0.2, -0.15) is 5.26 Å². The number of carbonyl (C=O) groups excluding carboxylic acids is 2. The topological polar surface area (TPSA) is 444 Å². The first-order valence-electron chi connectivity index (χ1n) is 21.0. The van der Waals surface area contributed by atoms with Gasteiger partial charge in [0.15, 0.2) is 11.6 Å². The van der Waals surface area contributed by atoms with Crippen LogP contribution in [0.2, 0.25) is 0 Å². The first kappa shape index (κ1) is 54.0. The summed E-state index contributed by atoms with van der Waals surface area (Å²) in [6.07, 6.45) is -0.213. The number of nitrogens with one attached hydrogen (secondary N) is 2. The molecule has 0 fully saturated rings. The average molecular weight is 1020 g/mol. The minimum absolute atomic E-state index is 0.103. The van der Waals surface area contributed by atoms with E-state index in [9.17, 15) is 94.1 Å². The second-order valence-corrected chi connectivity index (χ2v) is 15.0. The number of hydrogen-bond acceptors (Lipinski definition) is 17. The summed E-state index contributed by atoms with van der Waals surface area (Å²) < 4.78 is 1.13. The highest BCUT2D eigenvalue weighted by Gasteiger charge is 2.28. The van der Waals surface area contributed by atoms with Crippen molar-refractivity contribution in [1.82, 2.24) is 19.8 Å². The van der Waals surface area contributed by atoms with Gasteiger partial charge in [-0.05, 0) is 66.9 Å². The molecular formula is C46H36N10O18. The molecule has 0 atom stereocenters. The SMILES string of the molecule is [C-]#[N+]c1c(CC)c(N=Nc2cc(C(=O)O)ccc2C(=O)O)c(=O)n(CCNC(=O)c2cc(C(=O)O)c(C(=O)NCCn3c(O)c(C#N)c(CC)c(N=Nc4cc(C(=O)O)ccc4C(=O)O)c3=O)cc2C(=O)O)c1O. The highest BCUT2D eigenvalue weighted by Crippen LogP contribution is 2.36. The van der Waals surface area contributed by atoms with Gasteiger partial charge in [0.2, 0.25) is 5.88 Å². The molecule has 28 heteroatoms. The number of benzene rings is 3. The van der Waals surface area contributed by atoms with Crippen molar-refractivity contribution in [1.29, 1.82) is 5.26 Å². The Bertz CT molecular complexity index is 3310. The van der Waals surface area contributed by atoms with Crippen LogP contribution in [0.1, 0.15) is 113 Å². The van der Waals surface area contributed by atoms with Crippen LogP contribution in [0.15, 0.2) is 78.6 Å². The summed E-state index contributed by atoms with van der Waals surface area (Å²) in [5.41, 5.74) is -11.0. The molecular weight excluding hydrogens is 981 g/mol. The fourth-order valence-corrected chi connectivity index (χ4v) is 7.15. The lowest BCUT2D eigenvalue weighted by Gasteiger charge is -2.16. The van der Waals surface area contributed by atoms with Crippen molar-refractivity contribution in [2.45, 2.75) is 39.8 Å². The number of carboxylic acid groups (broad SMARTS) is 6. The Morgan fingerprint density at radius 3 is 1.31 bits per heavy atom. The van der Waals surface area contributed by atoms with E-state index in [1.165, 1.54) is 13.8 Å². The number of amides is 2. The predicted octanol–water partition coefficient (Wildman–Crippen LogP) is 4.85. The Morgan fingerprint density at radius 2 is 0.959 bits per heavy atom. The predicted molar refractivity (Wildman–Crippen MR) is 249 cm³/mol. The van der Waals surface area contributed by atoms with E-state index in [-0.39, 0.29) is 35.1 Å². The molecule has 74 heavy (non-hydrogen) atoms. The smallest absolute Gasteiger partial charge is 0.337 e. The molecule has 378 valence electrons. The first-order valence-corrected chi connectivity index (χ1v) is 21.0. The molecule has 5 rings (SSSR count). The van der Waals surface area contributed by atoms with Gasteiger partial charge in [0.05, 0.1) is 51.1 Å². The van der Waals surface area contributed by atoms with E-state index in [2.05, 4.69) is 35.9 Å². The molecule has 0 unspecified atom stereocenters. The maximum Gasteiger partial charge on any atom is 0.337 e. The van der Waals surface area contributed by atoms with Crippen molar-refractivity contribution in [3.8, 4) is 17.8 Å². The number of aromatic hydroxyl groups is 2. The Balaban J connectivity index is 1.42. The fourth-order valence-electron chi connectivity index (χ4n) is 7.15. The molecule has 0 bridgehead atoms. The standard InChI is InChI=1S/C46H36N10O18/c1-4-21-29(18-47)37(59)55(39(61)33(21)53-51-30-14-19(41(63)64)6-8-23(30)43(67)68)12-10-49-35(57)25-16-28(46(73)74)26(17-27(25)45(71)72)36(58)50-11-13-56-38(60)32(48-3)22(5-2)34(40(56)62)54-52-31-15-20(42(65)66)7-9-24(31)44(69)70/h6-9,14-17,59-60H,4-5,10-13H2,1-2H3,(H,49,57)(H,50,58)(H,63,64)(H,65,66)(H,67,68)(H,69,70)(H,71,72)(H,73,74). The Labute approximate surface area is 412 Å². The number of carbonyl (C=O) groups is 8. The number of hydrogen-bond donors (Lipinski definition) is 10. The lowest BCUT2D eigenvalue weighted by molar-refractivity contribution is 0.0675. The monoisotopic (exact) mass is 1020 g/mol. The molecule has 2 amide bonds. The molecule has 2 heterocycles. The van der Waals surface area contributed by atoms with E-state index in [0.717, 1.165) is 36.4 Å². The third kappa shape index (κ3) is 11.1. The summed E-state index contributed by atoms with van der Waals surface area (Å²) in [6.45, 7) is 7.99. The maximum atomic E-state index is 13.7. The van der Waals surface area contributed by atoms with Crippen LogP contribution in [-0.4, -0.2) is 111 Å². The zero-order chi connectivity index (χ0) is 54.9. The van der Waals surface area contributed by atoms with E-state index in [0.29, 0.717) is 21.3 Å². The number of aromatic nitrogens is 2. The molecule has 3 aromatic carbocycles. The van der Waals surface area contributed by atoms with Crippen LogP contribution in [0.3, 0.4) is 0 Å². The number of nitrogens with zero attached hydrogens (tertiary/aromatic N) is 8. The van der Waals surface area contributed by atoms with E-state index in [4.69, 9.17) is 6.57 Å². The molecule has 5 aromatic rings. The normalized spacial score (nSPS) is 10.9. The van der Waals surface area contributed by atoms with E-state index >= 15 is 0 Å². The number of rotatable bonds is 20. The molecule has 2 aromatic heterocycles. The number of pyridine rings is 2. The van der Waals surface area contributed by atoms with Gasteiger partial charge in [-0.3, -0.25) is 28.3 Å². The number of nitriles is 1. The minimum atomic E-state index is -1.84. The molecule has 0 aliphatic heterocycles. The number of azo groups is 2. The van der Waals surface area contributed by atoms with E-state index in [1.54, 1.807) is 6.07 Å². The second kappa shape index (κ2) is 22.7. The largest absolute Gasteiger partial charge is 0.503 e. The zero-order valence-corrected chi connectivity index (χ0v) is 38.1. The highest BCUT2D eigenvalue weighted by atomic mass is 16.4. The third-order valence-corrected chi connectivity index (χ3v) is 10.7. The van der Waals surface area contributed by atoms with Gasteiger partial charge in [0, 0.05) is 31.7 Å². The molecule has 0 saturated carbocycles. The lowest BCUT2D eigenvalue weighted by Crippen LogP contribution is -2.34. The summed E-state index contributed by atoms with van der Waals surface area (Å²) in [7, 11) is 0. The van der Waals surface area contributed by atoms with Crippen molar-refractivity contribution in [3.63, 3.8) is 0 Å². The average Bonchev–Trinajstić information content (AvgIpc) is 3.36. The van der Waals surface area contributed by atoms with Crippen LogP contribution < -0.4 is 21.8 Å². The van der Waals surface area contributed by atoms with Gasteiger partial charge in [0.25, 0.3) is 28.6 Å². The zero-order valence-electron chi connectivity index (χ0n) is 38.1. The quantitative estimate of drug-likeness (QED) is 0.0368. The molecule has 0 spiro atoms. The van der Waals surface area contributed by atoms with Crippen LogP contribution in [0, 0.1) is 17.9 Å². The van der Waals surface area contributed by atoms with E-state index < -0.39 is 164 Å². The summed E-state index contributed by atoms with van der Waals surface area (Å²) >= 11 is 0. The summed E-state index contributed by atoms with van der Waals surface area (Å²) in [5, 5.41) is 110. The molecule has 0 aliphatic rings. The van der Waals surface area contributed by atoms with Crippen molar-refractivity contribution >= 4 is 76.1 Å². The third-order valence-electron chi connectivity index (χ3n) is 10.7. The molecule has 0 aliphatic carbocycles. The second-order valence-electron chi connectivity index (χ2n) is 15.0. The highest BCUT2D eigenvalue weighted by molar-refractivity contribution is 6.12. The summed E-state index contributed by atoms with van der Waals surface area (Å²) in [6, 6.07) is 8.39. The van der Waals surface area contributed by atoms with Gasteiger partial charge < -0.3 is 51.5 Å². The van der Waals surface area contributed by atoms with Crippen molar-refractivity contribution in [2.75, 3.05) is 13.1 Å². The van der Waals surface area contributed by atoms with Crippen molar-refractivity contribution in [2.24, 2.45) is 20.5 Å². The summed E-state index contributed by atoms with van der Waals surface area (Å²) in [5.74, 6) is -14.0. The Morgan fingerprint density at radius 1 is 0.568 bits per heavy atom. The van der Waals surface area contributed by atoms with Crippen LogP contribution >= 0.6 is 0 Å². The van der Waals surface area contributed by atoms with Crippen LogP contribution in [0.5, 0.6) is 11.8 Å². The van der Waals surface area contributed by atoms with Crippen LogP contribution in [0.25, 0.3) is 4.85 Å². The first-order chi connectivity index (χ1) is 35.0. The molecule has 28 nitrogen and oxygen atoms in total. The van der Waals surface area contributed by atoms with Gasteiger partial charge >= 0.3 is 35.8 Å². The van der Waals surface area contributed by atoms with E-state index in [1.807, 2.05) is 0 Å². The van der Waals surface area contributed by atoms with Gasteiger partial charge in [0.1, 0.15) is 28.7 Å². The van der Waals surface area contributed by atoms with Crippen LogP contribution in [0.4, 0.5) is 28.4 Å². The van der Waals surface area contributed by atoms with Crippen LogP contribution in [-0.2, 0) is 25.9 Å². The van der Waals surface area contributed by atoms with Gasteiger partial charge in [-0.25, -0.2) is 33.6 Å². The van der Waals surface area contributed by atoms with Crippen molar-refractivity contribution in [3.05, 3.63) is 142 Å². The fraction of sp³-hybridized carbons (Fsp3) is 0.174. The van der Waals surface area contributed by atoms with Crippen molar-refractivity contribution < 1.29 is 79.2 Å². The Hall–Kier alpha value is -10.9. The number of aromatic carboxylic acids is 6. The van der Waals surface area contributed by atoms with Gasteiger partial charge in [-0.1, -0.05) is 13.8 Å². The molecule has 0 saturated heterocycles. The maximum absolute atomic E-state index is 13.7. The molecule has 10 N–H and O–H groups in total. The van der Waals surface area contributed by atoms with Gasteiger partial charge in [-0.15, -0.1) is 20.5 Å². The molecule has 0 radical (unpaired) electrons. The number of carboxylic acids is 6. The summed E-state index contributed by atoms with van der Waals surface area (Å²) in [4.78, 5) is 129.